The zero-order chi connectivity index (χ0) is 12.4. The van der Waals surface area contributed by atoms with Crippen LogP contribution in [0, 0.1) is 0 Å². The van der Waals surface area contributed by atoms with E-state index in [4.69, 9.17) is 0 Å². The Kier molecular flexibility index (Phi) is 3.76. The largest absolute Gasteiger partial charge is 0.316 e. The highest BCUT2D eigenvalue weighted by atomic mass is 32.2. The summed E-state index contributed by atoms with van der Waals surface area (Å²) in [5, 5.41) is 4.17. The highest BCUT2D eigenvalue weighted by Crippen LogP contribution is 2.50. The molecule has 18 heavy (non-hydrogen) atoms. The molecule has 2 heterocycles. The summed E-state index contributed by atoms with van der Waals surface area (Å²) in [6.07, 6.45) is 4.90. The number of hydrogen-bond acceptors (Lipinski definition) is 2. The van der Waals surface area contributed by atoms with E-state index in [2.05, 4.69) is 48.3 Å². The Bertz CT molecular complexity index is 429. The fraction of sp³-hybridized carbons (Fsp3) is 0.500. The third-order valence-electron chi connectivity index (χ3n) is 4.00. The molecule has 2 heteroatoms. The second-order valence-electron chi connectivity index (χ2n) is 5.18. The molecule has 96 valence electrons. The van der Waals surface area contributed by atoms with Gasteiger partial charge in [-0.3, -0.25) is 0 Å². The summed E-state index contributed by atoms with van der Waals surface area (Å²) in [4.78, 5) is 1.67. The molecule has 1 aromatic rings. The van der Waals surface area contributed by atoms with Crippen molar-refractivity contribution in [2.45, 2.75) is 37.9 Å². The van der Waals surface area contributed by atoms with Crippen molar-refractivity contribution in [2.75, 3.05) is 13.1 Å². The van der Waals surface area contributed by atoms with Crippen molar-refractivity contribution >= 4 is 11.8 Å². The molecule has 1 aromatic carbocycles. The minimum absolute atomic E-state index is 0.680. The smallest absolute Gasteiger partial charge is 0.0378 e. The first-order valence-electron chi connectivity index (χ1n) is 7.04. The number of rotatable bonds is 2. The Labute approximate surface area is 114 Å². The van der Waals surface area contributed by atoms with Gasteiger partial charge in [0.05, 0.1) is 0 Å². The SMILES string of the molecule is CCc1ccc(C2CC3=C(CCNCC3)S2)cc1. The molecule has 0 fully saturated rings. The van der Waals surface area contributed by atoms with Crippen molar-refractivity contribution in [3.63, 3.8) is 0 Å². The Hall–Kier alpha value is -0.730. The van der Waals surface area contributed by atoms with Crippen LogP contribution in [-0.4, -0.2) is 13.1 Å². The van der Waals surface area contributed by atoms with Gasteiger partial charge in [0.2, 0.25) is 0 Å². The predicted octanol–water partition coefficient (Wildman–Crippen LogP) is 4.06. The molecule has 0 amide bonds. The highest BCUT2D eigenvalue weighted by molar-refractivity contribution is 8.03. The van der Waals surface area contributed by atoms with Crippen LogP contribution in [0.15, 0.2) is 34.7 Å². The van der Waals surface area contributed by atoms with Crippen LogP contribution >= 0.6 is 11.8 Å². The van der Waals surface area contributed by atoms with Crippen molar-refractivity contribution in [2.24, 2.45) is 0 Å². The van der Waals surface area contributed by atoms with E-state index in [9.17, 15) is 0 Å². The monoisotopic (exact) mass is 259 g/mol. The fourth-order valence-electron chi connectivity index (χ4n) is 2.83. The van der Waals surface area contributed by atoms with Gasteiger partial charge in [-0.2, -0.15) is 0 Å². The Morgan fingerprint density at radius 3 is 2.72 bits per heavy atom. The van der Waals surface area contributed by atoms with E-state index in [1.54, 1.807) is 10.5 Å². The molecule has 3 rings (SSSR count). The molecule has 0 spiro atoms. The molecular weight excluding hydrogens is 238 g/mol. The van der Waals surface area contributed by atoms with Gasteiger partial charge in [-0.15, -0.1) is 11.8 Å². The molecule has 2 aliphatic rings. The van der Waals surface area contributed by atoms with E-state index in [0.717, 1.165) is 13.0 Å². The first-order chi connectivity index (χ1) is 8.86. The minimum atomic E-state index is 0.680. The van der Waals surface area contributed by atoms with Crippen LogP contribution in [0.3, 0.4) is 0 Å². The Balaban J connectivity index is 1.72. The Morgan fingerprint density at radius 2 is 1.94 bits per heavy atom. The first kappa shape index (κ1) is 12.3. The van der Waals surface area contributed by atoms with E-state index in [-0.39, 0.29) is 0 Å². The van der Waals surface area contributed by atoms with Gasteiger partial charge in [0.1, 0.15) is 0 Å². The number of nitrogens with one attached hydrogen (secondary N) is 1. The third kappa shape index (κ3) is 2.50. The molecule has 1 unspecified atom stereocenters. The molecule has 0 aromatic heterocycles. The average Bonchev–Trinajstić information content (AvgIpc) is 2.70. The molecule has 0 saturated heterocycles. The number of benzene rings is 1. The predicted molar refractivity (Wildman–Crippen MR) is 79.9 cm³/mol. The summed E-state index contributed by atoms with van der Waals surface area (Å²) in [6, 6.07) is 9.25. The van der Waals surface area contributed by atoms with Gasteiger partial charge >= 0.3 is 0 Å². The minimum Gasteiger partial charge on any atom is -0.316 e. The van der Waals surface area contributed by atoms with Gasteiger partial charge in [-0.05, 0) is 54.8 Å². The molecule has 0 aliphatic carbocycles. The van der Waals surface area contributed by atoms with Crippen molar-refractivity contribution in [1.82, 2.24) is 5.32 Å². The summed E-state index contributed by atoms with van der Waals surface area (Å²) >= 11 is 2.11. The van der Waals surface area contributed by atoms with Gasteiger partial charge in [0.25, 0.3) is 0 Å². The van der Waals surface area contributed by atoms with Gasteiger partial charge in [-0.25, -0.2) is 0 Å². The maximum absolute atomic E-state index is 3.49. The Morgan fingerprint density at radius 1 is 1.17 bits per heavy atom. The molecule has 2 aliphatic heterocycles. The van der Waals surface area contributed by atoms with E-state index >= 15 is 0 Å². The fourth-order valence-corrected chi connectivity index (χ4v) is 4.32. The number of aryl methyl sites for hydroxylation is 1. The van der Waals surface area contributed by atoms with E-state index in [1.165, 1.54) is 36.9 Å². The number of thioether (sulfide) groups is 1. The summed E-state index contributed by atoms with van der Waals surface area (Å²) in [5.41, 5.74) is 4.67. The summed E-state index contributed by atoms with van der Waals surface area (Å²) in [5.74, 6) is 0. The zero-order valence-electron chi connectivity index (χ0n) is 11.0. The maximum atomic E-state index is 3.49. The molecule has 1 atom stereocenters. The van der Waals surface area contributed by atoms with Gasteiger partial charge in [0, 0.05) is 5.25 Å². The van der Waals surface area contributed by atoms with Crippen molar-refractivity contribution in [3.8, 4) is 0 Å². The lowest BCUT2D eigenvalue weighted by atomic mass is 10.0. The summed E-state index contributed by atoms with van der Waals surface area (Å²) in [6.45, 7) is 4.55. The second kappa shape index (κ2) is 5.50. The van der Waals surface area contributed by atoms with E-state index in [0.29, 0.717) is 5.25 Å². The van der Waals surface area contributed by atoms with Crippen LogP contribution in [0.5, 0.6) is 0 Å². The van der Waals surface area contributed by atoms with Crippen molar-refractivity contribution in [1.29, 1.82) is 0 Å². The number of hydrogen-bond donors (Lipinski definition) is 1. The molecule has 0 saturated carbocycles. The van der Waals surface area contributed by atoms with Crippen LogP contribution < -0.4 is 5.32 Å². The van der Waals surface area contributed by atoms with Gasteiger partial charge in [0.15, 0.2) is 0 Å². The molecule has 0 bridgehead atoms. The quantitative estimate of drug-likeness (QED) is 0.859. The summed E-state index contributed by atoms with van der Waals surface area (Å²) < 4.78 is 0. The van der Waals surface area contributed by atoms with Crippen molar-refractivity contribution < 1.29 is 0 Å². The van der Waals surface area contributed by atoms with Crippen LogP contribution in [0.1, 0.15) is 42.6 Å². The summed E-state index contributed by atoms with van der Waals surface area (Å²) in [7, 11) is 0. The van der Waals surface area contributed by atoms with Crippen LogP contribution in [-0.2, 0) is 6.42 Å². The molecule has 0 radical (unpaired) electrons. The first-order valence-corrected chi connectivity index (χ1v) is 7.92. The van der Waals surface area contributed by atoms with E-state index in [1.807, 2.05) is 0 Å². The highest BCUT2D eigenvalue weighted by Gasteiger charge is 2.26. The molecule has 1 N–H and O–H groups in total. The van der Waals surface area contributed by atoms with Crippen LogP contribution in [0.25, 0.3) is 0 Å². The second-order valence-corrected chi connectivity index (χ2v) is 6.48. The lowest BCUT2D eigenvalue weighted by Gasteiger charge is -2.12. The van der Waals surface area contributed by atoms with Crippen molar-refractivity contribution in [3.05, 3.63) is 45.9 Å². The average molecular weight is 259 g/mol. The lowest BCUT2D eigenvalue weighted by Crippen LogP contribution is -2.14. The normalized spacial score (nSPS) is 23.9. The zero-order valence-corrected chi connectivity index (χ0v) is 11.9. The maximum Gasteiger partial charge on any atom is 0.0378 e. The third-order valence-corrected chi connectivity index (χ3v) is 5.50. The van der Waals surface area contributed by atoms with Crippen LogP contribution in [0.2, 0.25) is 0 Å². The standard InChI is InChI=1S/C16H21NS/c1-2-12-3-5-13(6-4-12)16-11-14-7-9-17-10-8-15(14)18-16/h3-6,16-17H,2,7-11H2,1H3. The molecule has 1 nitrogen and oxygen atoms in total. The van der Waals surface area contributed by atoms with Crippen LogP contribution in [0.4, 0.5) is 0 Å². The van der Waals surface area contributed by atoms with Gasteiger partial charge in [-0.1, -0.05) is 36.8 Å². The molecular formula is C16H21NS. The van der Waals surface area contributed by atoms with Gasteiger partial charge < -0.3 is 5.32 Å². The van der Waals surface area contributed by atoms with E-state index < -0.39 is 0 Å². The lowest BCUT2D eigenvalue weighted by molar-refractivity contribution is 0.699. The topological polar surface area (TPSA) is 12.0 Å².